The summed E-state index contributed by atoms with van der Waals surface area (Å²) in [6.45, 7) is 6.62. The summed E-state index contributed by atoms with van der Waals surface area (Å²) in [6.07, 6.45) is 2.17. The minimum Gasteiger partial charge on any atom is -0.444 e. The molecule has 0 spiro atoms. The topological polar surface area (TPSA) is 146 Å². The predicted octanol–water partition coefficient (Wildman–Crippen LogP) is 0.751. The normalized spacial score (nSPS) is 32.3. The molecule has 13 heteroatoms. The van der Waals surface area contributed by atoms with Crippen molar-refractivity contribution in [3.8, 4) is 0 Å². The van der Waals surface area contributed by atoms with Gasteiger partial charge in [0, 0.05) is 25.7 Å². The molecule has 2 unspecified atom stereocenters. The van der Waals surface area contributed by atoms with Crippen LogP contribution in [0.2, 0.25) is 0 Å². The minimum atomic E-state index is -4.83. The Bertz CT molecular complexity index is 889. The maximum Gasteiger partial charge on any atom is 0.418 e. The molecule has 4 amide bonds. The Hall–Kier alpha value is -2.12. The quantitative estimate of drug-likeness (QED) is 0.568. The first-order valence-corrected chi connectivity index (χ1v) is 12.2. The molecule has 4 bridgehead atoms. The van der Waals surface area contributed by atoms with E-state index in [2.05, 4.69) is 9.60 Å². The number of piperidine rings is 2. The van der Waals surface area contributed by atoms with Gasteiger partial charge in [-0.3, -0.25) is 9.35 Å². The fourth-order valence-electron chi connectivity index (χ4n) is 5.30. The van der Waals surface area contributed by atoms with Gasteiger partial charge in [-0.15, -0.1) is 4.28 Å². The molecule has 0 radical (unpaired) electrons. The van der Waals surface area contributed by atoms with Crippen LogP contribution in [0.5, 0.6) is 0 Å². The lowest BCUT2D eigenvalue weighted by Gasteiger charge is -2.40. The molecule has 3 heterocycles. The highest BCUT2D eigenvalue weighted by Gasteiger charge is 2.51. The highest BCUT2D eigenvalue weighted by molar-refractivity contribution is 7.80. The van der Waals surface area contributed by atoms with Crippen molar-refractivity contribution in [1.29, 1.82) is 0 Å². The first-order chi connectivity index (χ1) is 14.8. The number of carbonyl (C=O) groups is 3. The van der Waals surface area contributed by atoms with Gasteiger partial charge in [0.25, 0.3) is 0 Å². The maximum absolute atomic E-state index is 13.1. The zero-order valence-corrected chi connectivity index (χ0v) is 19.2. The number of likely N-dealkylation sites (tertiary alicyclic amines) is 1. The van der Waals surface area contributed by atoms with Crippen LogP contribution in [0, 0.1) is 11.8 Å². The molecule has 1 saturated carbocycles. The van der Waals surface area contributed by atoms with E-state index >= 15 is 0 Å². The first kappa shape index (κ1) is 23.1. The Labute approximate surface area is 187 Å². The summed E-state index contributed by atoms with van der Waals surface area (Å²) in [4.78, 5) is 41.1. The molecule has 32 heavy (non-hydrogen) atoms. The molecule has 2 N–H and O–H groups in total. The van der Waals surface area contributed by atoms with Gasteiger partial charge in [0.1, 0.15) is 11.6 Å². The van der Waals surface area contributed by atoms with Crippen molar-refractivity contribution in [2.45, 2.75) is 70.2 Å². The third kappa shape index (κ3) is 4.64. The van der Waals surface area contributed by atoms with Crippen molar-refractivity contribution in [2.24, 2.45) is 11.8 Å². The van der Waals surface area contributed by atoms with Gasteiger partial charge in [-0.05, 0) is 58.3 Å². The SMILES string of the molecule is CC(C)(C)OC(=O)N1CC2CCC(C1)C2NC(=O)[C@@H]1CC[C@@H]2CN1C(=O)N2OS(=O)(=O)O. The van der Waals surface area contributed by atoms with Crippen molar-refractivity contribution >= 4 is 28.4 Å². The number of hydrogen-bond donors (Lipinski definition) is 2. The van der Waals surface area contributed by atoms with Crippen molar-refractivity contribution < 1.29 is 36.4 Å². The van der Waals surface area contributed by atoms with Gasteiger partial charge < -0.3 is 19.9 Å². The van der Waals surface area contributed by atoms with E-state index in [0.29, 0.717) is 31.0 Å². The van der Waals surface area contributed by atoms with Gasteiger partial charge in [0.2, 0.25) is 5.91 Å². The minimum absolute atomic E-state index is 0.0956. The van der Waals surface area contributed by atoms with Crippen LogP contribution in [0.25, 0.3) is 0 Å². The van der Waals surface area contributed by atoms with E-state index < -0.39 is 34.1 Å². The van der Waals surface area contributed by atoms with E-state index in [1.807, 2.05) is 20.8 Å². The summed E-state index contributed by atoms with van der Waals surface area (Å²) in [5.41, 5.74) is -0.574. The Balaban J connectivity index is 1.37. The molecule has 3 aliphatic heterocycles. The van der Waals surface area contributed by atoms with E-state index in [1.165, 1.54) is 4.90 Å². The third-order valence-corrected chi connectivity index (χ3v) is 6.94. The van der Waals surface area contributed by atoms with Crippen LogP contribution in [0.15, 0.2) is 0 Å². The molecule has 1 aliphatic carbocycles. The summed E-state index contributed by atoms with van der Waals surface area (Å²) >= 11 is 0. The fraction of sp³-hybridized carbons (Fsp3) is 0.842. The van der Waals surface area contributed by atoms with E-state index in [0.717, 1.165) is 12.8 Å². The van der Waals surface area contributed by atoms with Gasteiger partial charge in [0.15, 0.2) is 0 Å². The molecule has 4 aliphatic rings. The number of fused-ring (bicyclic) bond motifs is 4. The van der Waals surface area contributed by atoms with Crippen molar-refractivity contribution in [2.75, 3.05) is 19.6 Å². The molecule has 12 nitrogen and oxygen atoms in total. The van der Waals surface area contributed by atoms with Crippen LogP contribution in [0.4, 0.5) is 9.59 Å². The number of amides is 4. The molecule has 0 aromatic heterocycles. The lowest BCUT2D eigenvalue weighted by Crippen LogP contribution is -2.58. The van der Waals surface area contributed by atoms with E-state index in [9.17, 15) is 22.8 Å². The first-order valence-electron chi connectivity index (χ1n) is 10.9. The zero-order chi connectivity index (χ0) is 23.4. The molecule has 0 aromatic carbocycles. The molecule has 3 saturated heterocycles. The molecule has 4 rings (SSSR count). The molecular weight excluding hydrogens is 444 g/mol. The second kappa shape index (κ2) is 8.03. The molecule has 0 aromatic rings. The number of carbonyl (C=O) groups excluding carboxylic acids is 3. The number of rotatable bonds is 4. The lowest BCUT2D eigenvalue weighted by atomic mass is 9.91. The summed E-state index contributed by atoms with van der Waals surface area (Å²) < 4.78 is 40.9. The van der Waals surface area contributed by atoms with E-state index in [1.54, 1.807) is 4.90 Å². The van der Waals surface area contributed by atoms with E-state index in [-0.39, 0.29) is 36.4 Å². The number of nitrogens with zero attached hydrogens (tertiary/aromatic N) is 3. The average Bonchev–Trinajstić information content (AvgIpc) is 3.02. The fourth-order valence-corrected chi connectivity index (χ4v) is 5.69. The average molecular weight is 475 g/mol. The monoisotopic (exact) mass is 474 g/mol. The Morgan fingerprint density at radius 2 is 1.69 bits per heavy atom. The highest BCUT2D eigenvalue weighted by Crippen LogP contribution is 2.38. The van der Waals surface area contributed by atoms with Crippen molar-refractivity contribution in [1.82, 2.24) is 20.2 Å². The smallest absolute Gasteiger partial charge is 0.418 e. The van der Waals surface area contributed by atoms with Gasteiger partial charge in [0.05, 0.1) is 6.04 Å². The molecular formula is C19H30N4O8S. The third-order valence-electron chi connectivity index (χ3n) is 6.59. The van der Waals surface area contributed by atoms with Gasteiger partial charge in [-0.1, -0.05) is 0 Å². The van der Waals surface area contributed by atoms with Crippen LogP contribution in [-0.2, 0) is 24.2 Å². The summed E-state index contributed by atoms with van der Waals surface area (Å²) in [7, 11) is -4.83. The summed E-state index contributed by atoms with van der Waals surface area (Å²) in [6, 6.07) is -2.13. The van der Waals surface area contributed by atoms with Crippen molar-refractivity contribution in [3.05, 3.63) is 0 Å². The Kier molecular flexibility index (Phi) is 5.78. The van der Waals surface area contributed by atoms with Crippen molar-refractivity contribution in [3.63, 3.8) is 0 Å². The number of urea groups is 1. The van der Waals surface area contributed by atoms with Gasteiger partial charge in [-0.2, -0.15) is 13.5 Å². The summed E-state index contributed by atoms with van der Waals surface area (Å²) in [5.74, 6) is -0.0801. The number of hydroxylamine groups is 2. The standard InChI is InChI=1S/C19H30N4O8S/c1-19(2,3)30-18(26)21-8-11-4-5-12(9-21)15(11)20-16(24)14-7-6-13-10-22(14)17(25)23(13)31-32(27,28)29/h11-15H,4-10H2,1-3H3,(H,20,24)(H,27,28,29)/t11?,12?,13-,14+,15?/m1/s1. The van der Waals surface area contributed by atoms with Crippen LogP contribution >= 0.6 is 0 Å². The zero-order valence-electron chi connectivity index (χ0n) is 18.4. The lowest BCUT2D eigenvalue weighted by molar-refractivity contribution is -0.127. The van der Waals surface area contributed by atoms with Gasteiger partial charge >= 0.3 is 22.5 Å². The van der Waals surface area contributed by atoms with Crippen LogP contribution in [0.3, 0.4) is 0 Å². The maximum atomic E-state index is 13.1. The predicted molar refractivity (Wildman–Crippen MR) is 109 cm³/mol. The second-order valence-corrected chi connectivity index (χ2v) is 11.0. The molecule has 4 fully saturated rings. The van der Waals surface area contributed by atoms with E-state index in [4.69, 9.17) is 9.29 Å². The Morgan fingerprint density at radius 1 is 1.06 bits per heavy atom. The highest BCUT2D eigenvalue weighted by atomic mass is 32.3. The van der Waals surface area contributed by atoms with Gasteiger partial charge in [-0.25, -0.2) is 9.59 Å². The van der Waals surface area contributed by atoms with Crippen LogP contribution in [-0.4, -0.2) is 89.2 Å². The summed E-state index contributed by atoms with van der Waals surface area (Å²) in [5, 5.41) is 3.72. The van der Waals surface area contributed by atoms with Crippen LogP contribution < -0.4 is 5.32 Å². The largest absolute Gasteiger partial charge is 0.444 e. The number of ether oxygens (including phenoxy) is 1. The number of hydrogen-bond acceptors (Lipinski definition) is 7. The second-order valence-electron chi connectivity index (χ2n) is 10.0. The molecule has 4 atom stereocenters. The van der Waals surface area contributed by atoms with Crippen LogP contribution in [0.1, 0.15) is 46.5 Å². The Morgan fingerprint density at radius 3 is 2.25 bits per heavy atom. The molecule has 180 valence electrons. The number of nitrogens with one attached hydrogen (secondary N) is 1.